The molecule has 24 heavy (non-hydrogen) atoms. The predicted molar refractivity (Wildman–Crippen MR) is 103 cm³/mol. The fourth-order valence-corrected chi connectivity index (χ4v) is 3.63. The standard InChI is InChI=1S/C20H20BrN3/c1-14-10-12-24(13-11-14)20-18-5-3-2-4-17(18)19(22-23-20)15-6-8-16(21)9-7-15/h2-9,14H,10-13H2,1H3. The average molecular weight is 382 g/mol. The van der Waals surface area contributed by atoms with Gasteiger partial charge in [0.05, 0.1) is 0 Å². The van der Waals surface area contributed by atoms with Gasteiger partial charge in [-0.1, -0.05) is 59.3 Å². The van der Waals surface area contributed by atoms with Crippen molar-refractivity contribution in [1.82, 2.24) is 10.2 Å². The molecule has 2 aromatic carbocycles. The van der Waals surface area contributed by atoms with E-state index in [1.165, 1.54) is 23.6 Å². The van der Waals surface area contributed by atoms with Gasteiger partial charge < -0.3 is 4.90 Å². The van der Waals surface area contributed by atoms with Crippen LogP contribution >= 0.6 is 15.9 Å². The number of anilines is 1. The molecule has 3 aromatic rings. The molecule has 0 bridgehead atoms. The highest BCUT2D eigenvalue weighted by Gasteiger charge is 2.20. The van der Waals surface area contributed by atoms with Gasteiger partial charge in [-0.25, -0.2) is 0 Å². The van der Waals surface area contributed by atoms with E-state index in [9.17, 15) is 0 Å². The van der Waals surface area contributed by atoms with Crippen LogP contribution in [0.4, 0.5) is 5.82 Å². The zero-order chi connectivity index (χ0) is 16.5. The molecule has 1 saturated heterocycles. The minimum absolute atomic E-state index is 0.808. The summed E-state index contributed by atoms with van der Waals surface area (Å²) < 4.78 is 1.07. The highest BCUT2D eigenvalue weighted by molar-refractivity contribution is 9.10. The lowest BCUT2D eigenvalue weighted by molar-refractivity contribution is 0.436. The summed E-state index contributed by atoms with van der Waals surface area (Å²) in [6.45, 7) is 4.46. The Balaban J connectivity index is 1.81. The zero-order valence-electron chi connectivity index (χ0n) is 13.7. The number of halogens is 1. The van der Waals surface area contributed by atoms with Gasteiger partial charge in [0, 0.05) is 33.9 Å². The maximum Gasteiger partial charge on any atom is 0.159 e. The maximum atomic E-state index is 4.62. The summed E-state index contributed by atoms with van der Waals surface area (Å²) in [5.41, 5.74) is 2.05. The third-order valence-corrected chi connectivity index (χ3v) is 5.40. The van der Waals surface area contributed by atoms with Gasteiger partial charge in [0.2, 0.25) is 0 Å². The van der Waals surface area contributed by atoms with Gasteiger partial charge in [0.25, 0.3) is 0 Å². The van der Waals surface area contributed by atoms with E-state index < -0.39 is 0 Å². The molecular weight excluding hydrogens is 362 g/mol. The van der Waals surface area contributed by atoms with E-state index in [0.717, 1.165) is 40.6 Å². The Labute approximate surface area is 150 Å². The van der Waals surface area contributed by atoms with Crippen molar-refractivity contribution in [3.8, 4) is 11.3 Å². The first kappa shape index (κ1) is 15.6. The molecule has 1 aliphatic rings. The molecule has 2 heterocycles. The second-order valence-electron chi connectivity index (χ2n) is 6.59. The second-order valence-corrected chi connectivity index (χ2v) is 7.51. The molecule has 4 rings (SSSR count). The number of piperidine rings is 1. The highest BCUT2D eigenvalue weighted by atomic mass is 79.9. The van der Waals surface area contributed by atoms with Crippen molar-refractivity contribution in [2.45, 2.75) is 19.8 Å². The largest absolute Gasteiger partial charge is 0.355 e. The second kappa shape index (κ2) is 6.52. The number of hydrogen-bond donors (Lipinski definition) is 0. The lowest BCUT2D eigenvalue weighted by atomic mass is 9.98. The normalized spacial score (nSPS) is 15.8. The van der Waals surface area contributed by atoms with Crippen molar-refractivity contribution in [3.63, 3.8) is 0 Å². The summed E-state index contributed by atoms with van der Waals surface area (Å²) in [5, 5.41) is 11.6. The zero-order valence-corrected chi connectivity index (χ0v) is 15.3. The topological polar surface area (TPSA) is 29.0 Å². The van der Waals surface area contributed by atoms with Crippen LogP contribution in [-0.4, -0.2) is 23.3 Å². The van der Waals surface area contributed by atoms with Crippen LogP contribution in [0.25, 0.3) is 22.0 Å². The molecule has 0 aliphatic carbocycles. The van der Waals surface area contributed by atoms with Crippen LogP contribution in [-0.2, 0) is 0 Å². The number of nitrogens with zero attached hydrogens (tertiary/aromatic N) is 3. The molecule has 0 amide bonds. The molecule has 0 saturated carbocycles. The number of aromatic nitrogens is 2. The van der Waals surface area contributed by atoms with Gasteiger partial charge in [0.1, 0.15) is 5.69 Å². The Morgan fingerprint density at radius 1 is 0.917 bits per heavy atom. The Morgan fingerprint density at radius 2 is 1.58 bits per heavy atom. The molecule has 1 aliphatic heterocycles. The smallest absolute Gasteiger partial charge is 0.159 e. The molecule has 0 unspecified atom stereocenters. The van der Waals surface area contributed by atoms with Gasteiger partial charge in [-0.15, -0.1) is 10.2 Å². The van der Waals surface area contributed by atoms with Crippen molar-refractivity contribution < 1.29 is 0 Å². The first-order valence-electron chi connectivity index (χ1n) is 8.48. The van der Waals surface area contributed by atoms with Crippen molar-refractivity contribution in [2.75, 3.05) is 18.0 Å². The summed E-state index contributed by atoms with van der Waals surface area (Å²) in [4.78, 5) is 2.39. The number of rotatable bonds is 2. The molecule has 0 spiro atoms. The molecule has 0 radical (unpaired) electrons. The summed E-state index contributed by atoms with van der Waals surface area (Å²) in [5.74, 6) is 1.83. The van der Waals surface area contributed by atoms with Gasteiger partial charge >= 0.3 is 0 Å². The number of benzene rings is 2. The molecule has 1 fully saturated rings. The lowest BCUT2D eigenvalue weighted by Crippen LogP contribution is -2.33. The minimum atomic E-state index is 0.808. The molecule has 0 N–H and O–H groups in total. The van der Waals surface area contributed by atoms with Crippen LogP contribution in [0, 0.1) is 5.92 Å². The molecule has 4 heteroatoms. The third kappa shape index (κ3) is 2.91. The fraction of sp³-hybridized carbons (Fsp3) is 0.300. The lowest BCUT2D eigenvalue weighted by Gasteiger charge is -2.31. The van der Waals surface area contributed by atoms with Gasteiger partial charge in [-0.2, -0.15) is 0 Å². The summed E-state index contributed by atoms with van der Waals surface area (Å²) in [6.07, 6.45) is 2.45. The predicted octanol–water partition coefficient (Wildman–Crippen LogP) is 5.30. The molecular formula is C20H20BrN3. The van der Waals surface area contributed by atoms with Crippen LogP contribution in [0.2, 0.25) is 0 Å². The molecule has 122 valence electrons. The van der Waals surface area contributed by atoms with Crippen LogP contribution in [0.1, 0.15) is 19.8 Å². The minimum Gasteiger partial charge on any atom is -0.355 e. The Hall–Kier alpha value is -1.94. The summed E-state index contributed by atoms with van der Waals surface area (Å²) in [7, 11) is 0. The maximum absolute atomic E-state index is 4.62. The van der Waals surface area contributed by atoms with E-state index in [1.807, 2.05) is 12.1 Å². The van der Waals surface area contributed by atoms with Gasteiger partial charge in [-0.05, 0) is 30.9 Å². The Morgan fingerprint density at radius 3 is 2.29 bits per heavy atom. The van der Waals surface area contributed by atoms with E-state index in [1.54, 1.807) is 0 Å². The van der Waals surface area contributed by atoms with E-state index in [4.69, 9.17) is 0 Å². The van der Waals surface area contributed by atoms with Gasteiger partial charge in [0.15, 0.2) is 5.82 Å². The van der Waals surface area contributed by atoms with Gasteiger partial charge in [-0.3, -0.25) is 0 Å². The van der Waals surface area contributed by atoms with E-state index in [-0.39, 0.29) is 0 Å². The summed E-state index contributed by atoms with van der Waals surface area (Å²) >= 11 is 3.49. The van der Waals surface area contributed by atoms with Crippen LogP contribution in [0.3, 0.4) is 0 Å². The quantitative estimate of drug-likeness (QED) is 0.603. The SMILES string of the molecule is CC1CCN(c2nnc(-c3ccc(Br)cc3)c3ccccc23)CC1. The first-order chi connectivity index (χ1) is 11.7. The number of fused-ring (bicyclic) bond motifs is 1. The highest BCUT2D eigenvalue weighted by Crippen LogP contribution is 2.33. The Bertz CT molecular complexity index is 852. The fourth-order valence-electron chi connectivity index (χ4n) is 3.36. The van der Waals surface area contributed by atoms with Crippen molar-refractivity contribution in [2.24, 2.45) is 5.92 Å². The van der Waals surface area contributed by atoms with Crippen LogP contribution in [0.5, 0.6) is 0 Å². The number of hydrogen-bond acceptors (Lipinski definition) is 3. The van der Waals surface area contributed by atoms with E-state index in [0.29, 0.717) is 0 Å². The van der Waals surface area contributed by atoms with Crippen LogP contribution < -0.4 is 4.90 Å². The van der Waals surface area contributed by atoms with Crippen molar-refractivity contribution in [3.05, 3.63) is 53.0 Å². The van der Waals surface area contributed by atoms with Crippen molar-refractivity contribution in [1.29, 1.82) is 0 Å². The monoisotopic (exact) mass is 381 g/mol. The van der Waals surface area contributed by atoms with Crippen molar-refractivity contribution >= 4 is 32.5 Å². The van der Waals surface area contributed by atoms with Crippen LogP contribution in [0.15, 0.2) is 53.0 Å². The molecule has 0 atom stereocenters. The summed E-state index contributed by atoms with van der Waals surface area (Å²) in [6, 6.07) is 16.8. The average Bonchev–Trinajstić information content (AvgIpc) is 2.62. The Kier molecular flexibility index (Phi) is 4.23. The third-order valence-electron chi connectivity index (χ3n) is 4.87. The van der Waals surface area contributed by atoms with E-state index >= 15 is 0 Å². The first-order valence-corrected chi connectivity index (χ1v) is 9.28. The van der Waals surface area contributed by atoms with E-state index in [2.05, 4.69) is 74.3 Å². The molecule has 1 aromatic heterocycles. The molecule has 3 nitrogen and oxygen atoms in total.